The minimum atomic E-state index is -0.481. The summed E-state index contributed by atoms with van der Waals surface area (Å²) < 4.78 is 34.0. The van der Waals surface area contributed by atoms with Gasteiger partial charge in [0, 0.05) is 56.3 Å². The second-order valence-corrected chi connectivity index (χ2v) is 16.9. The van der Waals surface area contributed by atoms with Crippen molar-refractivity contribution >= 4 is 52.4 Å². The molecule has 5 heterocycles. The molecular formula is C38H58BBrN6O8. The maximum Gasteiger partial charge on any atom is 0.490 e. The van der Waals surface area contributed by atoms with Gasteiger partial charge in [0.25, 0.3) is 0 Å². The fourth-order valence-corrected chi connectivity index (χ4v) is 5.62. The number of pyridine rings is 2. The highest BCUT2D eigenvalue weighted by atomic mass is 79.9. The minimum absolute atomic E-state index is 0.267. The van der Waals surface area contributed by atoms with Gasteiger partial charge in [-0.2, -0.15) is 0 Å². The number of aromatic nitrogens is 2. The number of rotatable bonds is 4. The van der Waals surface area contributed by atoms with Gasteiger partial charge in [-0.3, -0.25) is 0 Å². The molecule has 2 amide bonds. The van der Waals surface area contributed by atoms with Gasteiger partial charge in [0.05, 0.1) is 29.9 Å². The second-order valence-electron chi connectivity index (χ2n) is 16.0. The van der Waals surface area contributed by atoms with Gasteiger partial charge in [-0.25, -0.2) is 19.6 Å². The molecule has 0 radical (unpaired) electrons. The Bertz CT molecular complexity index is 1670. The molecule has 0 aromatic carbocycles. The number of nitrogens with two attached hydrogens (primary N) is 2. The van der Waals surface area contributed by atoms with Crippen LogP contribution in [0.5, 0.6) is 11.5 Å². The quantitative estimate of drug-likeness (QED) is 0.295. The van der Waals surface area contributed by atoms with Crippen LogP contribution in [-0.4, -0.2) is 102 Å². The van der Waals surface area contributed by atoms with Crippen LogP contribution in [0.15, 0.2) is 46.6 Å². The molecule has 1 fully saturated rings. The van der Waals surface area contributed by atoms with Crippen LogP contribution in [0.3, 0.4) is 0 Å². The molecule has 4 N–H and O–H groups in total. The second kappa shape index (κ2) is 18.1. The van der Waals surface area contributed by atoms with Gasteiger partial charge in [0.2, 0.25) is 0 Å². The Morgan fingerprint density at radius 2 is 1.24 bits per heavy atom. The number of amides is 2. The zero-order valence-electron chi connectivity index (χ0n) is 33.9. The van der Waals surface area contributed by atoms with Gasteiger partial charge >= 0.3 is 19.3 Å². The average Bonchev–Trinajstić information content (AvgIpc) is 3.30. The predicted octanol–water partition coefficient (Wildman–Crippen LogP) is 7.32. The first-order valence-electron chi connectivity index (χ1n) is 17.9. The molecule has 0 unspecified atom stereocenters. The molecule has 2 aromatic heterocycles. The van der Waals surface area contributed by atoms with E-state index in [0.717, 1.165) is 33.9 Å². The van der Waals surface area contributed by atoms with Crippen molar-refractivity contribution in [1.29, 1.82) is 0 Å². The van der Waals surface area contributed by atoms with Gasteiger partial charge in [-0.1, -0.05) is 12.2 Å². The molecule has 54 heavy (non-hydrogen) atoms. The topological polar surface area (TPSA) is 174 Å². The molecule has 0 bridgehead atoms. The molecule has 0 spiro atoms. The Morgan fingerprint density at radius 3 is 1.65 bits per heavy atom. The highest BCUT2D eigenvalue weighted by molar-refractivity contribution is 9.10. The predicted molar refractivity (Wildman–Crippen MR) is 215 cm³/mol. The number of nitrogen functional groups attached to an aromatic ring is 2. The summed E-state index contributed by atoms with van der Waals surface area (Å²) in [7, 11) is 2.87. The number of methoxy groups -OCH3 is 2. The molecule has 0 saturated carbocycles. The van der Waals surface area contributed by atoms with Crippen LogP contribution >= 0.6 is 15.9 Å². The third-order valence-corrected chi connectivity index (χ3v) is 9.42. The van der Waals surface area contributed by atoms with Crippen molar-refractivity contribution in [3.8, 4) is 11.5 Å². The average molecular weight is 818 g/mol. The number of carbonyl (C=O) groups excluding carboxylic acids is 2. The monoisotopic (exact) mass is 816 g/mol. The van der Waals surface area contributed by atoms with Crippen molar-refractivity contribution in [3.05, 3.63) is 52.2 Å². The first-order chi connectivity index (χ1) is 24.9. The van der Waals surface area contributed by atoms with E-state index in [1.54, 1.807) is 48.5 Å². The Kier molecular flexibility index (Phi) is 14.9. The van der Waals surface area contributed by atoms with Crippen LogP contribution in [-0.2, 0) is 18.8 Å². The van der Waals surface area contributed by atoms with Crippen molar-refractivity contribution < 1.29 is 37.8 Å². The van der Waals surface area contributed by atoms with Crippen molar-refractivity contribution in [2.45, 2.75) is 104 Å². The summed E-state index contributed by atoms with van der Waals surface area (Å²) in [4.78, 5) is 35.5. The zero-order valence-corrected chi connectivity index (χ0v) is 35.5. The molecule has 298 valence electrons. The molecule has 3 aliphatic rings. The molecule has 1 saturated heterocycles. The van der Waals surface area contributed by atoms with E-state index in [9.17, 15) is 9.59 Å². The Labute approximate surface area is 329 Å². The van der Waals surface area contributed by atoms with Crippen LogP contribution in [0.25, 0.3) is 5.57 Å². The number of halogens is 1. The molecule has 3 aliphatic heterocycles. The van der Waals surface area contributed by atoms with Crippen molar-refractivity contribution in [2.75, 3.05) is 51.9 Å². The summed E-state index contributed by atoms with van der Waals surface area (Å²) in [5.74, 6) is 2.28. The summed E-state index contributed by atoms with van der Waals surface area (Å²) >= 11 is 3.25. The molecule has 0 aliphatic carbocycles. The Balaban J connectivity index is 0.000000233. The standard InChI is InChI=1S/C16H28BNO4.C16H23N3O3.C6H7BrN2O/c1-14(2,3)20-13(19)18-10-8-12(9-11-18)17-21-15(4,5)16(6,7)22-17;1-16(2,3)22-15(20)19-7-5-11(6-8-19)12-10-18-14(17)9-13(12)21-4;1-10-5-2-6(8)9-3-4(5)7/h8H,9-11H2,1-7H3;5,9-10H,6-8H2,1-4H3,(H2,17,18);2-3H,1H3,(H2,8,9). The number of hydrogen-bond donors (Lipinski definition) is 2. The lowest BCUT2D eigenvalue weighted by Gasteiger charge is -2.32. The highest BCUT2D eigenvalue weighted by Gasteiger charge is 2.52. The lowest BCUT2D eigenvalue weighted by molar-refractivity contribution is 0.00578. The molecule has 16 heteroatoms. The summed E-state index contributed by atoms with van der Waals surface area (Å²) in [6, 6.07) is 3.36. The van der Waals surface area contributed by atoms with E-state index in [0.29, 0.717) is 49.3 Å². The van der Waals surface area contributed by atoms with E-state index in [4.69, 9.17) is 39.7 Å². The van der Waals surface area contributed by atoms with Crippen LogP contribution in [0.2, 0.25) is 0 Å². The van der Waals surface area contributed by atoms with E-state index in [-0.39, 0.29) is 30.5 Å². The SMILES string of the molecule is CC(C)(C)OC(=O)N1CC=C(B2OC(C)(C)C(C)(C)O2)CC1.COc1cc(N)ncc1Br.COc1cc(N)ncc1C1=CCN(C(=O)OC(C)(C)C)CC1. The normalized spacial score (nSPS) is 17.8. The smallest absolute Gasteiger partial charge is 0.490 e. The Morgan fingerprint density at radius 1 is 0.778 bits per heavy atom. The third-order valence-electron chi connectivity index (χ3n) is 8.83. The number of nitrogens with zero attached hydrogens (tertiary/aromatic N) is 4. The van der Waals surface area contributed by atoms with Crippen molar-refractivity contribution in [2.24, 2.45) is 0 Å². The van der Waals surface area contributed by atoms with E-state index < -0.39 is 11.2 Å². The summed E-state index contributed by atoms with van der Waals surface area (Å²) in [5.41, 5.74) is 12.6. The summed E-state index contributed by atoms with van der Waals surface area (Å²) in [6.45, 7) is 21.7. The first kappa shape index (κ1) is 44.4. The molecule has 14 nitrogen and oxygen atoms in total. The Hall–Kier alpha value is -4.02. The van der Waals surface area contributed by atoms with Crippen LogP contribution in [0.1, 0.15) is 87.6 Å². The number of carbonyl (C=O) groups is 2. The molecule has 0 atom stereocenters. The number of anilines is 2. The van der Waals surface area contributed by atoms with Crippen LogP contribution in [0, 0.1) is 0 Å². The maximum absolute atomic E-state index is 12.1. The van der Waals surface area contributed by atoms with Gasteiger partial charge in [0.15, 0.2) is 0 Å². The number of ether oxygens (including phenoxy) is 4. The fraction of sp³-hybridized carbons (Fsp3) is 0.579. The van der Waals surface area contributed by atoms with Gasteiger partial charge in [0.1, 0.15) is 34.3 Å². The first-order valence-corrected chi connectivity index (χ1v) is 18.7. The lowest BCUT2D eigenvalue weighted by Crippen LogP contribution is -2.41. The number of hydrogen-bond acceptors (Lipinski definition) is 12. The molecule has 5 rings (SSSR count). The lowest BCUT2D eigenvalue weighted by atomic mass is 9.75. The van der Waals surface area contributed by atoms with E-state index in [1.165, 1.54) is 0 Å². The van der Waals surface area contributed by atoms with Crippen LogP contribution in [0.4, 0.5) is 21.2 Å². The van der Waals surface area contributed by atoms with Gasteiger partial charge in [-0.05, 0) is 109 Å². The van der Waals surface area contributed by atoms with E-state index in [1.807, 2.05) is 81.4 Å². The van der Waals surface area contributed by atoms with Crippen molar-refractivity contribution in [3.63, 3.8) is 0 Å². The minimum Gasteiger partial charge on any atom is -0.496 e. The highest BCUT2D eigenvalue weighted by Crippen LogP contribution is 2.39. The summed E-state index contributed by atoms with van der Waals surface area (Å²) in [5, 5.41) is 0. The molecule has 2 aromatic rings. The largest absolute Gasteiger partial charge is 0.496 e. The van der Waals surface area contributed by atoms with E-state index in [2.05, 4.69) is 25.9 Å². The third kappa shape index (κ3) is 12.8. The van der Waals surface area contributed by atoms with Crippen molar-refractivity contribution in [1.82, 2.24) is 19.8 Å². The maximum atomic E-state index is 12.1. The molecular weight excluding hydrogens is 759 g/mol. The summed E-state index contributed by atoms with van der Waals surface area (Å²) in [6.07, 6.45) is 8.26. The van der Waals surface area contributed by atoms with Gasteiger partial charge < -0.3 is 49.5 Å². The van der Waals surface area contributed by atoms with Gasteiger partial charge in [-0.15, -0.1) is 0 Å². The van der Waals surface area contributed by atoms with Crippen LogP contribution < -0.4 is 20.9 Å². The zero-order chi connectivity index (χ0) is 40.6. The van der Waals surface area contributed by atoms with E-state index >= 15 is 0 Å². The fourth-order valence-electron chi connectivity index (χ4n) is 5.25.